The first-order valence-corrected chi connectivity index (χ1v) is 11.8. The number of hydrogen-bond acceptors (Lipinski definition) is 11. The van der Waals surface area contributed by atoms with E-state index >= 15 is 0 Å². The Morgan fingerprint density at radius 1 is 0.756 bits per heavy atom. The van der Waals surface area contributed by atoms with Gasteiger partial charge in [0.1, 0.15) is 33.9 Å². The maximum absolute atomic E-state index is 12.6. The van der Waals surface area contributed by atoms with Crippen molar-refractivity contribution in [1.29, 1.82) is 0 Å². The molecule has 0 bridgehead atoms. The minimum Gasteiger partial charge on any atom is -0.505 e. The molecule has 0 atom stereocenters. The smallest absolute Gasteiger partial charge is 0.339 e. The van der Waals surface area contributed by atoms with Gasteiger partial charge >= 0.3 is 17.9 Å². The zero-order valence-corrected chi connectivity index (χ0v) is 21.0. The number of carbonyl (C=O) groups excluding carboxylic acids is 1. The molecule has 3 heterocycles. The van der Waals surface area contributed by atoms with Crippen molar-refractivity contribution < 1.29 is 39.5 Å². The van der Waals surface area contributed by atoms with E-state index in [9.17, 15) is 34.8 Å². The van der Waals surface area contributed by atoms with Gasteiger partial charge in [-0.2, -0.15) is 0 Å². The lowest BCUT2D eigenvalue weighted by atomic mass is 10.1. The number of aromatic nitrogens is 7. The van der Waals surface area contributed by atoms with Crippen LogP contribution in [0.15, 0.2) is 60.9 Å². The Balaban J connectivity index is 1.58. The second-order valence-corrected chi connectivity index (χ2v) is 8.40. The first kappa shape index (κ1) is 26.5. The summed E-state index contributed by atoms with van der Waals surface area (Å²) in [6, 6.07) is 11.1. The lowest BCUT2D eigenvalue weighted by Crippen LogP contribution is -2.06. The molecule has 15 heteroatoms. The summed E-state index contributed by atoms with van der Waals surface area (Å²) in [6.45, 7) is 1.75. The number of carboxylic acids is 2. The van der Waals surface area contributed by atoms with Crippen LogP contribution in [0.3, 0.4) is 0 Å². The third-order valence-electron chi connectivity index (χ3n) is 5.83. The van der Waals surface area contributed by atoms with Crippen molar-refractivity contribution in [2.24, 2.45) is 0 Å². The number of para-hydroxylation sites is 2. The van der Waals surface area contributed by atoms with Gasteiger partial charge in [0, 0.05) is 0 Å². The molecule has 206 valence electrons. The fraction of sp³-hybridized carbons (Fsp3) is 0.0769. The van der Waals surface area contributed by atoms with Crippen molar-refractivity contribution in [2.45, 2.75) is 6.92 Å². The topological polar surface area (TPSA) is 216 Å². The first-order chi connectivity index (χ1) is 19.7. The molecule has 0 amide bonds. The highest BCUT2D eigenvalue weighted by Gasteiger charge is 2.20. The molecule has 41 heavy (non-hydrogen) atoms. The van der Waals surface area contributed by atoms with Crippen LogP contribution >= 0.6 is 0 Å². The SMILES string of the molecule is CCOC(=O)c1cc(-c2cn(-c3cccc(C(=O)O)c3O)nn2)nc(-c2cn(-c3cccc(C(=O)O)c3O)nn2)c1. The molecule has 0 spiro atoms. The van der Waals surface area contributed by atoms with Gasteiger partial charge in [0.05, 0.1) is 36.0 Å². The summed E-state index contributed by atoms with van der Waals surface area (Å²) in [7, 11) is 0. The zero-order valence-electron chi connectivity index (χ0n) is 21.0. The van der Waals surface area contributed by atoms with Gasteiger partial charge in [0.15, 0.2) is 11.5 Å². The summed E-state index contributed by atoms with van der Waals surface area (Å²) >= 11 is 0. The van der Waals surface area contributed by atoms with E-state index in [1.165, 1.54) is 60.9 Å². The highest BCUT2D eigenvalue weighted by molar-refractivity contribution is 5.93. The van der Waals surface area contributed by atoms with Crippen molar-refractivity contribution in [1.82, 2.24) is 35.0 Å². The second-order valence-electron chi connectivity index (χ2n) is 8.40. The predicted octanol–water partition coefficient (Wildman–Crippen LogP) is 2.56. The number of aromatic hydroxyl groups is 2. The van der Waals surface area contributed by atoms with Gasteiger partial charge in [-0.3, -0.25) is 0 Å². The third kappa shape index (κ3) is 5.01. The van der Waals surface area contributed by atoms with Gasteiger partial charge in [-0.15, -0.1) is 10.2 Å². The summed E-state index contributed by atoms with van der Waals surface area (Å²) in [5, 5.41) is 55.5. The zero-order chi connectivity index (χ0) is 29.3. The van der Waals surface area contributed by atoms with Crippen molar-refractivity contribution in [3.8, 4) is 45.6 Å². The van der Waals surface area contributed by atoms with E-state index in [-0.39, 0.29) is 57.4 Å². The van der Waals surface area contributed by atoms with Gasteiger partial charge in [0.25, 0.3) is 0 Å². The number of hydrogen-bond donors (Lipinski definition) is 4. The summed E-state index contributed by atoms with van der Waals surface area (Å²) in [5.41, 5.74) is 0.204. The molecule has 3 aromatic heterocycles. The minimum atomic E-state index is -1.32. The molecule has 0 radical (unpaired) electrons. The van der Waals surface area contributed by atoms with Crippen molar-refractivity contribution in [3.05, 3.63) is 77.6 Å². The third-order valence-corrected chi connectivity index (χ3v) is 5.83. The Morgan fingerprint density at radius 2 is 1.22 bits per heavy atom. The summed E-state index contributed by atoms with van der Waals surface area (Å²) < 4.78 is 7.45. The van der Waals surface area contributed by atoms with E-state index in [0.717, 1.165) is 9.36 Å². The van der Waals surface area contributed by atoms with E-state index in [4.69, 9.17) is 4.74 Å². The Kier molecular flexibility index (Phi) is 6.82. The summed E-state index contributed by atoms with van der Waals surface area (Å²) in [5.74, 6) is -4.34. The van der Waals surface area contributed by atoms with Gasteiger partial charge in [0.2, 0.25) is 0 Å². The number of pyridine rings is 1. The van der Waals surface area contributed by atoms with Gasteiger partial charge < -0.3 is 25.2 Å². The van der Waals surface area contributed by atoms with Crippen molar-refractivity contribution >= 4 is 17.9 Å². The van der Waals surface area contributed by atoms with Crippen LogP contribution in [0.4, 0.5) is 0 Å². The van der Waals surface area contributed by atoms with Crippen molar-refractivity contribution in [3.63, 3.8) is 0 Å². The van der Waals surface area contributed by atoms with E-state index in [2.05, 4.69) is 25.6 Å². The van der Waals surface area contributed by atoms with Gasteiger partial charge in [-0.05, 0) is 43.3 Å². The van der Waals surface area contributed by atoms with E-state index < -0.39 is 29.4 Å². The number of carbonyl (C=O) groups is 3. The Morgan fingerprint density at radius 3 is 1.63 bits per heavy atom. The molecule has 15 nitrogen and oxygen atoms in total. The number of ether oxygens (including phenoxy) is 1. The molecule has 0 saturated heterocycles. The van der Waals surface area contributed by atoms with Crippen LogP contribution in [-0.4, -0.2) is 79.9 Å². The Bertz CT molecular complexity index is 1710. The molecular weight excluding hydrogens is 538 g/mol. The van der Waals surface area contributed by atoms with Gasteiger partial charge in [-0.1, -0.05) is 22.6 Å². The van der Waals surface area contributed by atoms with Crippen molar-refractivity contribution in [2.75, 3.05) is 6.61 Å². The average Bonchev–Trinajstić information content (AvgIpc) is 3.64. The van der Waals surface area contributed by atoms with Crippen LogP contribution in [0.2, 0.25) is 0 Å². The van der Waals surface area contributed by atoms with Crippen LogP contribution < -0.4 is 0 Å². The number of aromatic carboxylic acids is 2. The fourth-order valence-corrected chi connectivity index (χ4v) is 3.90. The van der Waals surface area contributed by atoms with Crippen LogP contribution in [0, 0.1) is 0 Å². The van der Waals surface area contributed by atoms with E-state index in [1.807, 2.05) is 0 Å². The number of esters is 1. The molecule has 4 N–H and O–H groups in total. The number of benzene rings is 2. The van der Waals surface area contributed by atoms with Crippen LogP contribution in [0.25, 0.3) is 34.2 Å². The summed E-state index contributed by atoms with van der Waals surface area (Å²) in [4.78, 5) is 40.0. The minimum absolute atomic E-state index is 0.0526. The van der Waals surface area contributed by atoms with Crippen LogP contribution in [-0.2, 0) is 4.74 Å². The maximum atomic E-state index is 12.6. The fourth-order valence-electron chi connectivity index (χ4n) is 3.90. The molecule has 0 aliphatic carbocycles. The Hall–Kier alpha value is -6.12. The lowest BCUT2D eigenvalue weighted by molar-refractivity contribution is 0.0525. The molecule has 2 aromatic carbocycles. The molecular formula is C26H19N7O8. The largest absolute Gasteiger partial charge is 0.505 e. The van der Waals surface area contributed by atoms with Crippen LogP contribution in [0.1, 0.15) is 38.0 Å². The molecule has 5 rings (SSSR count). The number of phenols is 2. The lowest BCUT2D eigenvalue weighted by Gasteiger charge is -2.07. The molecule has 0 aliphatic heterocycles. The molecule has 0 aliphatic rings. The van der Waals surface area contributed by atoms with E-state index in [1.54, 1.807) is 6.92 Å². The van der Waals surface area contributed by atoms with E-state index in [0.29, 0.717) is 0 Å². The van der Waals surface area contributed by atoms with Crippen LogP contribution in [0.5, 0.6) is 11.5 Å². The first-order valence-electron chi connectivity index (χ1n) is 11.8. The standard InChI is InChI=1S/C26H19N7O8/c1-2-41-26(40)13-9-16(18-11-32(30-28-18)20-7-3-5-14(22(20)34)24(36)37)27-17(10-13)19-12-33(31-29-19)21-8-4-6-15(23(21)35)25(38)39/h3-12,34-35H,2H2,1H3,(H,36,37)(H,38,39). The average molecular weight is 557 g/mol. The second kappa shape index (κ2) is 10.6. The quantitative estimate of drug-likeness (QED) is 0.202. The highest BCUT2D eigenvalue weighted by Crippen LogP contribution is 2.29. The molecule has 5 aromatic rings. The normalized spacial score (nSPS) is 10.9. The number of rotatable bonds is 8. The highest BCUT2D eigenvalue weighted by atomic mass is 16.5. The number of carboxylic acid groups (broad SMARTS) is 2. The molecule has 0 saturated carbocycles. The molecule has 0 unspecified atom stereocenters. The summed E-state index contributed by atoms with van der Waals surface area (Å²) in [6.07, 6.45) is 2.77. The monoisotopic (exact) mass is 557 g/mol. The van der Waals surface area contributed by atoms with Gasteiger partial charge in [-0.25, -0.2) is 28.7 Å². The maximum Gasteiger partial charge on any atom is 0.339 e. The number of nitrogens with zero attached hydrogens (tertiary/aromatic N) is 7. The predicted molar refractivity (Wildman–Crippen MR) is 138 cm³/mol. The Labute approximate surface area is 229 Å². The molecule has 0 fully saturated rings.